The fraction of sp³-hybridized carbons (Fsp3) is 0.579. The summed E-state index contributed by atoms with van der Waals surface area (Å²) in [5, 5.41) is 5.17. The Labute approximate surface area is 176 Å². The van der Waals surface area contributed by atoms with Crippen LogP contribution in [0.25, 0.3) is 0 Å². The summed E-state index contributed by atoms with van der Waals surface area (Å²) in [4.78, 5) is 24.3. The topological polar surface area (TPSA) is 123 Å². The summed E-state index contributed by atoms with van der Waals surface area (Å²) in [6.45, 7) is 4.94. The van der Waals surface area contributed by atoms with Crippen LogP contribution in [0, 0.1) is 5.92 Å². The van der Waals surface area contributed by atoms with Crippen molar-refractivity contribution >= 4 is 27.7 Å². The maximum atomic E-state index is 13.1. The van der Waals surface area contributed by atoms with Crippen molar-refractivity contribution in [1.82, 2.24) is 9.62 Å². The van der Waals surface area contributed by atoms with E-state index in [0.29, 0.717) is 19.6 Å². The van der Waals surface area contributed by atoms with Gasteiger partial charge in [-0.15, -0.1) is 0 Å². The molecule has 1 aliphatic heterocycles. The molecule has 1 unspecified atom stereocenters. The molecule has 0 bridgehead atoms. The number of nitrogens with zero attached hydrogens (tertiary/aromatic N) is 1. The average molecular weight is 444 g/mol. The molecule has 0 aliphatic carbocycles. The second-order valence-electron chi connectivity index (χ2n) is 7.19. The van der Waals surface area contributed by atoms with Gasteiger partial charge in [-0.1, -0.05) is 13.8 Å². The SMILES string of the molecule is COC(=O)NC(CC(C)C)C(=O)Nc1ccc(OC)c(S(=O)(=O)N2CCOCC2)c1. The van der Waals surface area contributed by atoms with Gasteiger partial charge in [0, 0.05) is 18.8 Å². The lowest BCUT2D eigenvalue weighted by Crippen LogP contribution is -2.44. The number of hydrogen-bond acceptors (Lipinski definition) is 7. The quantitative estimate of drug-likeness (QED) is 0.623. The van der Waals surface area contributed by atoms with Gasteiger partial charge in [-0.2, -0.15) is 4.31 Å². The van der Waals surface area contributed by atoms with Crippen LogP contribution in [0.5, 0.6) is 5.75 Å². The largest absolute Gasteiger partial charge is 0.495 e. The molecule has 0 spiro atoms. The van der Waals surface area contributed by atoms with E-state index in [1.165, 1.54) is 30.7 Å². The van der Waals surface area contributed by atoms with Gasteiger partial charge in [-0.3, -0.25) is 4.79 Å². The lowest BCUT2D eigenvalue weighted by molar-refractivity contribution is -0.118. The smallest absolute Gasteiger partial charge is 0.407 e. The second kappa shape index (κ2) is 10.6. The highest BCUT2D eigenvalue weighted by Gasteiger charge is 2.30. The first kappa shape index (κ1) is 23.9. The molecule has 2 N–H and O–H groups in total. The van der Waals surface area contributed by atoms with E-state index in [2.05, 4.69) is 15.4 Å². The van der Waals surface area contributed by atoms with E-state index in [-0.39, 0.29) is 35.3 Å². The summed E-state index contributed by atoms with van der Waals surface area (Å²) >= 11 is 0. The van der Waals surface area contributed by atoms with Crippen molar-refractivity contribution in [3.63, 3.8) is 0 Å². The Kier molecular flexibility index (Phi) is 8.44. The monoisotopic (exact) mass is 443 g/mol. The molecule has 1 heterocycles. The highest BCUT2D eigenvalue weighted by molar-refractivity contribution is 7.89. The van der Waals surface area contributed by atoms with Crippen LogP contribution in [0.4, 0.5) is 10.5 Å². The van der Waals surface area contributed by atoms with Crippen LogP contribution in [0.3, 0.4) is 0 Å². The lowest BCUT2D eigenvalue weighted by Gasteiger charge is -2.27. The Hall–Kier alpha value is -2.37. The highest BCUT2D eigenvalue weighted by atomic mass is 32.2. The predicted molar refractivity (Wildman–Crippen MR) is 110 cm³/mol. The van der Waals surface area contributed by atoms with E-state index >= 15 is 0 Å². The number of hydrogen-bond donors (Lipinski definition) is 2. The number of methoxy groups -OCH3 is 2. The van der Waals surface area contributed by atoms with Crippen molar-refractivity contribution in [2.24, 2.45) is 5.92 Å². The van der Waals surface area contributed by atoms with Crippen LogP contribution in [-0.4, -0.2) is 71.3 Å². The first-order valence-electron chi connectivity index (χ1n) is 9.60. The molecule has 1 aliphatic rings. The number of amides is 2. The van der Waals surface area contributed by atoms with Gasteiger partial charge in [0.05, 0.1) is 27.4 Å². The summed E-state index contributed by atoms with van der Waals surface area (Å²) in [6, 6.07) is 3.54. The Morgan fingerprint density at radius 3 is 2.43 bits per heavy atom. The number of ether oxygens (including phenoxy) is 3. The van der Waals surface area contributed by atoms with Crippen LogP contribution >= 0.6 is 0 Å². The van der Waals surface area contributed by atoms with E-state index in [1.807, 2.05) is 13.8 Å². The molecule has 168 valence electrons. The van der Waals surface area contributed by atoms with Crippen LogP contribution in [0.1, 0.15) is 20.3 Å². The third kappa shape index (κ3) is 6.07. The van der Waals surface area contributed by atoms with Gasteiger partial charge in [-0.05, 0) is 30.5 Å². The Morgan fingerprint density at radius 1 is 1.20 bits per heavy atom. The van der Waals surface area contributed by atoms with Crippen molar-refractivity contribution < 1.29 is 32.2 Å². The zero-order valence-electron chi connectivity index (χ0n) is 17.6. The summed E-state index contributed by atoms with van der Waals surface area (Å²) in [5.74, 6) is -0.175. The minimum absolute atomic E-state index is 0.0500. The minimum atomic E-state index is -3.84. The Balaban J connectivity index is 2.28. The minimum Gasteiger partial charge on any atom is -0.495 e. The predicted octanol–water partition coefficient (Wildman–Crippen LogP) is 1.43. The van der Waals surface area contributed by atoms with Crippen molar-refractivity contribution in [3.05, 3.63) is 18.2 Å². The molecule has 1 aromatic rings. The number of sulfonamides is 1. The zero-order valence-corrected chi connectivity index (χ0v) is 18.5. The highest BCUT2D eigenvalue weighted by Crippen LogP contribution is 2.30. The van der Waals surface area contributed by atoms with E-state index < -0.39 is 28.1 Å². The number of alkyl carbamates (subject to hydrolysis) is 1. The summed E-state index contributed by atoms with van der Waals surface area (Å²) in [7, 11) is -1.24. The van der Waals surface area contributed by atoms with Crippen molar-refractivity contribution in [3.8, 4) is 5.75 Å². The molecule has 11 heteroatoms. The molecule has 1 aromatic carbocycles. The molecule has 10 nitrogen and oxygen atoms in total. The molecule has 2 rings (SSSR count). The van der Waals surface area contributed by atoms with Crippen LogP contribution in [0.15, 0.2) is 23.1 Å². The van der Waals surface area contributed by atoms with Gasteiger partial charge in [-0.25, -0.2) is 13.2 Å². The molecule has 30 heavy (non-hydrogen) atoms. The molecule has 0 saturated carbocycles. The molecule has 0 radical (unpaired) electrons. The number of morpholine rings is 1. The van der Waals surface area contributed by atoms with Crippen molar-refractivity contribution in [1.29, 1.82) is 0 Å². The van der Waals surface area contributed by atoms with Gasteiger partial charge in [0.2, 0.25) is 15.9 Å². The van der Waals surface area contributed by atoms with Gasteiger partial charge in [0.1, 0.15) is 16.7 Å². The first-order valence-corrected chi connectivity index (χ1v) is 11.0. The number of nitrogens with one attached hydrogen (secondary N) is 2. The van der Waals surface area contributed by atoms with Crippen LogP contribution in [0.2, 0.25) is 0 Å². The fourth-order valence-electron chi connectivity index (χ4n) is 3.02. The standard InChI is InChI=1S/C19H29N3O7S/c1-13(2)11-15(21-19(24)28-4)18(23)20-14-5-6-16(27-3)17(12-14)30(25,26)22-7-9-29-10-8-22/h5-6,12-13,15H,7-11H2,1-4H3,(H,20,23)(H,21,24). The molecule has 1 fully saturated rings. The Bertz CT molecular complexity index is 852. The average Bonchev–Trinajstić information content (AvgIpc) is 2.73. The van der Waals surface area contributed by atoms with Crippen LogP contribution in [-0.2, 0) is 24.3 Å². The summed E-state index contributed by atoms with van der Waals surface area (Å²) in [6.07, 6.45) is -0.336. The molecular formula is C19H29N3O7S. The van der Waals surface area contributed by atoms with E-state index in [9.17, 15) is 18.0 Å². The van der Waals surface area contributed by atoms with Crippen molar-refractivity contribution in [2.75, 3.05) is 45.8 Å². The molecule has 0 aromatic heterocycles. The van der Waals surface area contributed by atoms with Gasteiger partial charge in [0.15, 0.2) is 0 Å². The molecule has 1 saturated heterocycles. The third-order valence-electron chi connectivity index (χ3n) is 4.52. The number of carbonyl (C=O) groups is 2. The normalized spacial score (nSPS) is 16.0. The van der Waals surface area contributed by atoms with Gasteiger partial charge < -0.3 is 24.8 Å². The van der Waals surface area contributed by atoms with Crippen molar-refractivity contribution in [2.45, 2.75) is 31.2 Å². The summed E-state index contributed by atoms with van der Waals surface area (Å²) in [5.41, 5.74) is 0.271. The van der Waals surface area contributed by atoms with E-state index in [4.69, 9.17) is 9.47 Å². The van der Waals surface area contributed by atoms with E-state index in [1.54, 1.807) is 6.07 Å². The summed E-state index contributed by atoms with van der Waals surface area (Å²) < 4.78 is 42.5. The number of anilines is 1. The lowest BCUT2D eigenvalue weighted by atomic mass is 10.0. The fourth-order valence-corrected chi connectivity index (χ4v) is 4.61. The van der Waals surface area contributed by atoms with Gasteiger partial charge in [0.25, 0.3) is 0 Å². The zero-order chi connectivity index (χ0) is 22.3. The maximum Gasteiger partial charge on any atom is 0.407 e. The number of rotatable bonds is 8. The van der Waals surface area contributed by atoms with Gasteiger partial charge >= 0.3 is 6.09 Å². The molecule has 1 atom stereocenters. The number of benzene rings is 1. The number of carbonyl (C=O) groups excluding carboxylic acids is 2. The third-order valence-corrected chi connectivity index (χ3v) is 6.44. The molecular weight excluding hydrogens is 414 g/mol. The Morgan fingerprint density at radius 2 is 1.87 bits per heavy atom. The maximum absolute atomic E-state index is 13.1. The van der Waals surface area contributed by atoms with E-state index in [0.717, 1.165) is 0 Å². The second-order valence-corrected chi connectivity index (χ2v) is 9.10. The van der Waals surface area contributed by atoms with Crippen LogP contribution < -0.4 is 15.4 Å². The molecule has 2 amide bonds. The first-order chi connectivity index (χ1) is 14.2.